The van der Waals surface area contributed by atoms with Gasteiger partial charge in [0.25, 0.3) is 0 Å². The molecule has 0 radical (unpaired) electrons. The fraction of sp³-hybridized carbons (Fsp3) is 0.812. The zero-order valence-corrected chi connectivity index (χ0v) is 12.0. The van der Waals surface area contributed by atoms with E-state index in [0.717, 1.165) is 44.9 Å². The van der Waals surface area contributed by atoms with E-state index in [-0.39, 0.29) is 5.92 Å². The number of rotatable bonds is 13. The molecule has 0 aliphatic heterocycles. The second kappa shape index (κ2) is 12.7. The van der Waals surface area contributed by atoms with E-state index in [1.165, 1.54) is 25.7 Å². The van der Waals surface area contributed by atoms with Crippen LogP contribution in [0.5, 0.6) is 0 Å². The van der Waals surface area contributed by atoms with Gasteiger partial charge in [-0.3, -0.25) is 4.79 Å². The highest BCUT2D eigenvalue weighted by Crippen LogP contribution is 2.18. The lowest BCUT2D eigenvalue weighted by atomic mass is 9.95. The van der Waals surface area contributed by atoms with Gasteiger partial charge in [-0.05, 0) is 25.7 Å². The van der Waals surface area contributed by atoms with Crippen molar-refractivity contribution in [3.8, 4) is 0 Å². The number of carboxylic acid groups (broad SMARTS) is 1. The molecule has 1 unspecified atom stereocenters. The van der Waals surface area contributed by atoms with E-state index in [1.54, 1.807) is 0 Å². The van der Waals surface area contributed by atoms with Gasteiger partial charge in [-0.2, -0.15) is 0 Å². The summed E-state index contributed by atoms with van der Waals surface area (Å²) in [5.41, 5.74) is 0. The summed E-state index contributed by atoms with van der Waals surface area (Å²) in [6.45, 7) is 5.86. The molecule has 0 aromatic rings. The van der Waals surface area contributed by atoms with Gasteiger partial charge in [0.1, 0.15) is 0 Å². The molecule has 0 aliphatic rings. The van der Waals surface area contributed by atoms with Crippen molar-refractivity contribution in [3.05, 3.63) is 12.7 Å². The molecular weight excluding hydrogens is 224 g/mol. The maximum absolute atomic E-state index is 11.1. The molecule has 0 aromatic heterocycles. The van der Waals surface area contributed by atoms with Crippen LogP contribution >= 0.6 is 0 Å². The van der Waals surface area contributed by atoms with Crippen molar-refractivity contribution >= 4 is 5.97 Å². The van der Waals surface area contributed by atoms with Gasteiger partial charge < -0.3 is 5.11 Å². The highest BCUT2D eigenvalue weighted by Gasteiger charge is 2.15. The minimum Gasteiger partial charge on any atom is -0.481 e. The molecule has 0 amide bonds. The average molecular weight is 254 g/mol. The van der Waals surface area contributed by atoms with Crippen LogP contribution in [0.15, 0.2) is 12.7 Å². The lowest BCUT2D eigenvalue weighted by molar-refractivity contribution is -0.142. The van der Waals surface area contributed by atoms with Gasteiger partial charge in [-0.15, -0.1) is 6.58 Å². The predicted molar refractivity (Wildman–Crippen MR) is 77.8 cm³/mol. The Kier molecular flexibility index (Phi) is 12.1. The summed E-state index contributed by atoms with van der Waals surface area (Å²) < 4.78 is 0. The Morgan fingerprint density at radius 1 is 1.06 bits per heavy atom. The van der Waals surface area contributed by atoms with Gasteiger partial charge in [0.2, 0.25) is 0 Å². The molecule has 0 heterocycles. The minimum atomic E-state index is -0.599. The van der Waals surface area contributed by atoms with Gasteiger partial charge in [-0.25, -0.2) is 0 Å². The zero-order valence-electron chi connectivity index (χ0n) is 12.0. The van der Waals surface area contributed by atoms with Crippen molar-refractivity contribution in [2.24, 2.45) is 5.92 Å². The topological polar surface area (TPSA) is 37.3 Å². The Balaban J connectivity index is 3.51. The van der Waals surface area contributed by atoms with Crippen molar-refractivity contribution in [1.82, 2.24) is 0 Å². The Hall–Kier alpha value is -0.790. The molecule has 1 N–H and O–H groups in total. The van der Waals surface area contributed by atoms with E-state index < -0.39 is 5.97 Å². The first-order chi connectivity index (χ1) is 8.72. The summed E-state index contributed by atoms with van der Waals surface area (Å²) >= 11 is 0. The lowest BCUT2D eigenvalue weighted by Gasteiger charge is -2.11. The quantitative estimate of drug-likeness (QED) is 0.363. The number of allylic oxidation sites excluding steroid dienone is 1. The summed E-state index contributed by atoms with van der Waals surface area (Å²) in [5.74, 6) is -0.706. The third kappa shape index (κ3) is 10.4. The van der Waals surface area contributed by atoms with Crippen molar-refractivity contribution in [3.63, 3.8) is 0 Å². The molecule has 18 heavy (non-hydrogen) atoms. The lowest BCUT2D eigenvalue weighted by Crippen LogP contribution is -2.13. The van der Waals surface area contributed by atoms with Crippen LogP contribution in [0.4, 0.5) is 0 Å². The summed E-state index contributed by atoms with van der Waals surface area (Å²) in [6, 6.07) is 0. The maximum atomic E-state index is 11.1. The monoisotopic (exact) mass is 254 g/mol. The number of hydrogen-bond donors (Lipinski definition) is 1. The van der Waals surface area contributed by atoms with Gasteiger partial charge in [0.15, 0.2) is 0 Å². The molecule has 0 rings (SSSR count). The SMILES string of the molecule is C=CCCCCCCCC(CCCCC)C(=O)O. The molecule has 106 valence electrons. The molecule has 0 saturated heterocycles. The van der Waals surface area contributed by atoms with Gasteiger partial charge in [0.05, 0.1) is 5.92 Å². The molecule has 0 aliphatic carbocycles. The summed E-state index contributed by atoms with van der Waals surface area (Å²) in [4.78, 5) is 11.1. The Morgan fingerprint density at radius 3 is 2.17 bits per heavy atom. The van der Waals surface area contributed by atoms with Crippen molar-refractivity contribution in [2.45, 2.75) is 77.6 Å². The molecule has 0 spiro atoms. The van der Waals surface area contributed by atoms with E-state index in [2.05, 4.69) is 13.5 Å². The van der Waals surface area contributed by atoms with Crippen LogP contribution in [0.3, 0.4) is 0 Å². The van der Waals surface area contributed by atoms with Crippen molar-refractivity contribution in [2.75, 3.05) is 0 Å². The van der Waals surface area contributed by atoms with Gasteiger partial charge in [0, 0.05) is 0 Å². The van der Waals surface area contributed by atoms with E-state index in [1.807, 2.05) is 6.08 Å². The smallest absolute Gasteiger partial charge is 0.306 e. The first-order valence-electron chi connectivity index (χ1n) is 7.56. The van der Waals surface area contributed by atoms with Crippen LogP contribution in [-0.4, -0.2) is 11.1 Å². The van der Waals surface area contributed by atoms with Crippen molar-refractivity contribution < 1.29 is 9.90 Å². The molecule has 1 atom stereocenters. The van der Waals surface area contributed by atoms with E-state index in [4.69, 9.17) is 5.11 Å². The minimum absolute atomic E-state index is 0.107. The zero-order chi connectivity index (χ0) is 13.6. The van der Waals surface area contributed by atoms with Gasteiger partial charge >= 0.3 is 5.97 Å². The Bertz CT molecular complexity index is 211. The second-order valence-electron chi connectivity index (χ2n) is 5.16. The van der Waals surface area contributed by atoms with E-state index in [0.29, 0.717) is 0 Å². The summed E-state index contributed by atoms with van der Waals surface area (Å²) in [6.07, 6.45) is 14.1. The summed E-state index contributed by atoms with van der Waals surface area (Å²) in [7, 11) is 0. The fourth-order valence-corrected chi connectivity index (χ4v) is 2.24. The fourth-order valence-electron chi connectivity index (χ4n) is 2.24. The highest BCUT2D eigenvalue weighted by molar-refractivity contribution is 5.69. The molecule has 0 fully saturated rings. The molecule has 0 saturated carbocycles. The van der Waals surface area contributed by atoms with E-state index in [9.17, 15) is 4.79 Å². The number of carboxylic acids is 1. The molecular formula is C16H30O2. The normalized spacial score (nSPS) is 12.3. The largest absolute Gasteiger partial charge is 0.481 e. The Labute approximate surface area is 112 Å². The predicted octanol–water partition coefficient (Wildman–Crippen LogP) is 5.18. The van der Waals surface area contributed by atoms with Crippen LogP contribution in [0, 0.1) is 5.92 Å². The van der Waals surface area contributed by atoms with Crippen LogP contribution < -0.4 is 0 Å². The third-order valence-electron chi connectivity index (χ3n) is 3.47. The summed E-state index contributed by atoms with van der Waals surface area (Å²) in [5, 5.41) is 9.13. The van der Waals surface area contributed by atoms with Crippen LogP contribution in [-0.2, 0) is 4.79 Å². The maximum Gasteiger partial charge on any atom is 0.306 e. The number of carbonyl (C=O) groups is 1. The highest BCUT2D eigenvalue weighted by atomic mass is 16.4. The van der Waals surface area contributed by atoms with Crippen LogP contribution in [0.25, 0.3) is 0 Å². The second-order valence-corrected chi connectivity index (χ2v) is 5.16. The number of hydrogen-bond acceptors (Lipinski definition) is 1. The first kappa shape index (κ1) is 17.2. The number of aliphatic carboxylic acids is 1. The van der Waals surface area contributed by atoms with Crippen LogP contribution in [0.2, 0.25) is 0 Å². The van der Waals surface area contributed by atoms with E-state index >= 15 is 0 Å². The average Bonchev–Trinajstić information content (AvgIpc) is 2.35. The van der Waals surface area contributed by atoms with Gasteiger partial charge in [-0.1, -0.05) is 57.9 Å². The molecule has 2 heteroatoms. The van der Waals surface area contributed by atoms with Crippen LogP contribution in [0.1, 0.15) is 77.6 Å². The first-order valence-corrected chi connectivity index (χ1v) is 7.56. The molecule has 2 nitrogen and oxygen atoms in total. The molecule has 0 bridgehead atoms. The molecule has 0 aromatic carbocycles. The number of unbranched alkanes of at least 4 members (excludes halogenated alkanes) is 7. The van der Waals surface area contributed by atoms with Crippen molar-refractivity contribution in [1.29, 1.82) is 0 Å². The third-order valence-corrected chi connectivity index (χ3v) is 3.47. The Morgan fingerprint density at radius 2 is 1.61 bits per heavy atom. The standard InChI is InChI=1S/C16H30O2/c1-3-5-7-8-9-10-12-14-15(16(17)18)13-11-6-4-2/h3,15H,1,4-14H2,2H3,(H,17,18).